The van der Waals surface area contributed by atoms with E-state index in [1.807, 2.05) is 61.0 Å². The van der Waals surface area contributed by atoms with Gasteiger partial charge in [0.25, 0.3) is 0 Å². The summed E-state index contributed by atoms with van der Waals surface area (Å²) < 4.78 is 0. The van der Waals surface area contributed by atoms with Crippen molar-refractivity contribution in [2.24, 2.45) is 9.98 Å². The summed E-state index contributed by atoms with van der Waals surface area (Å²) in [7, 11) is 0. The van der Waals surface area contributed by atoms with Gasteiger partial charge in [-0.05, 0) is 83.0 Å². The number of aliphatic imine (C=N–C) groups is 2. The molecule has 0 radical (unpaired) electrons. The number of rotatable bonds is 6. The average Bonchev–Trinajstić information content (AvgIpc) is 3.00. The van der Waals surface area contributed by atoms with Crippen LogP contribution in [0.1, 0.15) is 89.5 Å². The highest BCUT2D eigenvalue weighted by molar-refractivity contribution is 5.88. The van der Waals surface area contributed by atoms with Gasteiger partial charge in [0, 0.05) is 34.7 Å². The predicted octanol–water partition coefficient (Wildman–Crippen LogP) is 9.88. The second-order valence-corrected chi connectivity index (χ2v) is 14.2. The van der Waals surface area contributed by atoms with Crippen molar-refractivity contribution in [1.82, 2.24) is 0 Å². The number of phenols is 2. The molecule has 1 aliphatic carbocycles. The molecule has 0 aliphatic heterocycles. The predicted molar refractivity (Wildman–Crippen MR) is 186 cm³/mol. The van der Waals surface area contributed by atoms with Crippen LogP contribution in [0.15, 0.2) is 94.9 Å². The van der Waals surface area contributed by atoms with Crippen molar-refractivity contribution in [3.05, 3.63) is 107 Å². The van der Waals surface area contributed by atoms with Gasteiger partial charge in [0.2, 0.25) is 0 Å². The summed E-state index contributed by atoms with van der Waals surface area (Å²) in [6.45, 7) is 12.7. The summed E-state index contributed by atoms with van der Waals surface area (Å²) in [5.74, 6) is 0.601. The molecule has 0 heterocycles. The number of nitrogens with zero attached hydrogens (tertiary/aromatic N) is 2. The highest BCUT2D eigenvalue weighted by Crippen LogP contribution is 2.38. The van der Waals surface area contributed by atoms with Crippen LogP contribution < -0.4 is 0 Å². The van der Waals surface area contributed by atoms with Gasteiger partial charge < -0.3 is 10.2 Å². The molecule has 4 aromatic rings. The first-order valence-electron chi connectivity index (χ1n) is 15.8. The van der Waals surface area contributed by atoms with Crippen molar-refractivity contribution in [3.8, 4) is 33.8 Å². The van der Waals surface area contributed by atoms with Gasteiger partial charge in [0.15, 0.2) is 0 Å². The first-order chi connectivity index (χ1) is 20.9. The maximum Gasteiger partial charge on any atom is 0.128 e. The standard InChI is InChI=1S/C40H46N2O2/c1-39(2,3)35-22-29(27-14-9-7-10-15-27)20-31(37(35)43)25-41-33-18-13-19-34(24-33)42-26-32-21-30(28-16-11-8-12-17-28)23-36(38(32)44)40(4,5)6/h7-12,14-17,20-23,25-26,33-34,43-44H,13,18-19,24H2,1-6H3. The number of phenolic OH excluding ortho intramolecular Hbond substituents is 2. The Hall–Kier alpha value is -4.18. The Morgan fingerprint density at radius 3 is 1.32 bits per heavy atom. The van der Waals surface area contributed by atoms with E-state index in [9.17, 15) is 10.2 Å². The molecule has 0 bridgehead atoms. The third-order valence-corrected chi connectivity index (χ3v) is 8.58. The van der Waals surface area contributed by atoms with Crippen LogP contribution in [-0.4, -0.2) is 34.7 Å². The molecule has 0 saturated heterocycles. The van der Waals surface area contributed by atoms with E-state index in [4.69, 9.17) is 9.98 Å². The number of aromatic hydroxyl groups is 2. The van der Waals surface area contributed by atoms with E-state index in [0.717, 1.165) is 70.2 Å². The third-order valence-electron chi connectivity index (χ3n) is 8.58. The SMILES string of the molecule is CC(C)(C)c1cc(-c2ccccc2)cc(C=NC2CCCC(N=Cc3cc(-c4ccccc4)cc(C(C)(C)C)c3O)C2)c1O. The van der Waals surface area contributed by atoms with E-state index in [2.05, 4.69) is 77.9 Å². The molecular formula is C40H46N2O2. The summed E-state index contributed by atoms with van der Waals surface area (Å²) in [6.07, 6.45) is 7.59. The molecule has 44 heavy (non-hydrogen) atoms. The van der Waals surface area contributed by atoms with Gasteiger partial charge in [-0.2, -0.15) is 0 Å². The minimum Gasteiger partial charge on any atom is -0.507 e. The van der Waals surface area contributed by atoms with Crippen molar-refractivity contribution < 1.29 is 10.2 Å². The fourth-order valence-corrected chi connectivity index (χ4v) is 6.03. The monoisotopic (exact) mass is 586 g/mol. The van der Waals surface area contributed by atoms with Crippen LogP contribution in [0.25, 0.3) is 22.3 Å². The van der Waals surface area contributed by atoms with E-state index in [0.29, 0.717) is 11.5 Å². The quantitative estimate of drug-likeness (QED) is 0.221. The van der Waals surface area contributed by atoms with E-state index in [1.165, 1.54) is 0 Å². The molecule has 4 nitrogen and oxygen atoms in total. The Kier molecular flexibility index (Phi) is 9.10. The summed E-state index contributed by atoms with van der Waals surface area (Å²) in [6, 6.07) is 29.1. The summed E-state index contributed by atoms with van der Waals surface area (Å²) >= 11 is 0. The maximum absolute atomic E-state index is 11.3. The van der Waals surface area contributed by atoms with Crippen LogP contribution >= 0.6 is 0 Å². The lowest BCUT2D eigenvalue weighted by molar-refractivity contribution is 0.397. The molecule has 0 aromatic heterocycles. The minimum absolute atomic E-state index is 0.123. The largest absolute Gasteiger partial charge is 0.507 e. The molecule has 0 amide bonds. The minimum atomic E-state index is -0.210. The lowest BCUT2D eigenvalue weighted by Crippen LogP contribution is -2.21. The molecule has 2 atom stereocenters. The summed E-state index contributed by atoms with van der Waals surface area (Å²) in [5, 5.41) is 22.5. The Morgan fingerprint density at radius 1 is 0.568 bits per heavy atom. The van der Waals surface area contributed by atoms with Gasteiger partial charge >= 0.3 is 0 Å². The van der Waals surface area contributed by atoms with Gasteiger partial charge in [-0.25, -0.2) is 0 Å². The van der Waals surface area contributed by atoms with Crippen molar-refractivity contribution >= 4 is 12.4 Å². The van der Waals surface area contributed by atoms with Gasteiger partial charge in [-0.1, -0.05) is 102 Å². The highest BCUT2D eigenvalue weighted by Gasteiger charge is 2.24. The molecule has 1 saturated carbocycles. The Labute approximate surface area is 263 Å². The van der Waals surface area contributed by atoms with Crippen molar-refractivity contribution in [3.63, 3.8) is 0 Å². The van der Waals surface area contributed by atoms with Crippen LogP contribution in [0, 0.1) is 0 Å². The second-order valence-electron chi connectivity index (χ2n) is 14.2. The zero-order valence-corrected chi connectivity index (χ0v) is 27.0. The maximum atomic E-state index is 11.3. The van der Waals surface area contributed by atoms with Crippen molar-refractivity contribution in [2.75, 3.05) is 0 Å². The van der Waals surface area contributed by atoms with Crippen LogP contribution in [0.3, 0.4) is 0 Å². The van der Waals surface area contributed by atoms with Crippen molar-refractivity contribution in [2.45, 2.75) is 90.1 Å². The van der Waals surface area contributed by atoms with E-state index < -0.39 is 0 Å². The molecule has 1 aliphatic rings. The highest BCUT2D eigenvalue weighted by atomic mass is 16.3. The zero-order valence-electron chi connectivity index (χ0n) is 27.0. The lowest BCUT2D eigenvalue weighted by Gasteiger charge is -2.25. The Bertz CT molecular complexity index is 1520. The zero-order chi connectivity index (χ0) is 31.5. The van der Waals surface area contributed by atoms with Crippen LogP contribution in [0.2, 0.25) is 0 Å². The Morgan fingerprint density at radius 2 is 0.955 bits per heavy atom. The summed E-state index contributed by atoms with van der Waals surface area (Å²) in [4.78, 5) is 9.97. The third kappa shape index (κ3) is 7.30. The van der Waals surface area contributed by atoms with E-state index in [-0.39, 0.29) is 22.9 Å². The number of benzene rings is 4. The lowest BCUT2D eigenvalue weighted by atomic mass is 9.83. The van der Waals surface area contributed by atoms with Gasteiger partial charge in [0.05, 0.1) is 12.1 Å². The molecule has 4 heteroatoms. The average molecular weight is 587 g/mol. The molecule has 2 unspecified atom stereocenters. The molecule has 5 rings (SSSR count). The summed E-state index contributed by atoms with van der Waals surface area (Å²) in [5.41, 5.74) is 7.30. The van der Waals surface area contributed by atoms with Gasteiger partial charge in [0.1, 0.15) is 11.5 Å². The smallest absolute Gasteiger partial charge is 0.128 e. The fourth-order valence-electron chi connectivity index (χ4n) is 6.03. The number of hydrogen-bond donors (Lipinski definition) is 2. The fraction of sp³-hybridized carbons (Fsp3) is 0.350. The molecule has 1 fully saturated rings. The van der Waals surface area contributed by atoms with Gasteiger partial charge in [-0.3, -0.25) is 9.98 Å². The van der Waals surface area contributed by atoms with Crippen LogP contribution in [0.5, 0.6) is 11.5 Å². The number of hydrogen-bond acceptors (Lipinski definition) is 4. The molecular weight excluding hydrogens is 540 g/mol. The first kappa shape index (κ1) is 31.3. The van der Waals surface area contributed by atoms with Crippen molar-refractivity contribution in [1.29, 1.82) is 0 Å². The Balaban J connectivity index is 1.39. The van der Waals surface area contributed by atoms with Crippen LogP contribution in [-0.2, 0) is 10.8 Å². The second kappa shape index (κ2) is 12.8. The topological polar surface area (TPSA) is 65.2 Å². The normalized spacial score (nSPS) is 17.9. The molecule has 0 spiro atoms. The molecule has 228 valence electrons. The first-order valence-corrected chi connectivity index (χ1v) is 15.8. The molecule has 2 N–H and O–H groups in total. The van der Waals surface area contributed by atoms with E-state index >= 15 is 0 Å². The molecule has 4 aromatic carbocycles. The van der Waals surface area contributed by atoms with Crippen LogP contribution in [0.4, 0.5) is 0 Å². The van der Waals surface area contributed by atoms with Gasteiger partial charge in [-0.15, -0.1) is 0 Å². The van der Waals surface area contributed by atoms with E-state index in [1.54, 1.807) is 0 Å².